The van der Waals surface area contributed by atoms with Crippen LogP contribution >= 0.6 is 0 Å². The van der Waals surface area contributed by atoms with Gasteiger partial charge < -0.3 is 9.88 Å². The molecule has 0 radical (unpaired) electrons. The summed E-state index contributed by atoms with van der Waals surface area (Å²) < 4.78 is 79.1. The summed E-state index contributed by atoms with van der Waals surface area (Å²) >= 11 is 0. The van der Waals surface area contributed by atoms with Crippen molar-refractivity contribution in [2.45, 2.75) is 31.0 Å². The van der Waals surface area contributed by atoms with E-state index in [0.29, 0.717) is 6.92 Å². The van der Waals surface area contributed by atoms with Crippen molar-refractivity contribution in [3.05, 3.63) is 47.0 Å². The first kappa shape index (κ1) is 23.4. The van der Waals surface area contributed by atoms with Crippen molar-refractivity contribution in [2.75, 3.05) is 12.4 Å². The molecule has 2 rings (SSSR count). The molecule has 30 heavy (non-hydrogen) atoms. The highest BCUT2D eigenvalue weighted by molar-refractivity contribution is 7.89. The molecular formula is C18H18F4N4O3S. The number of anilines is 1. The summed E-state index contributed by atoms with van der Waals surface area (Å²) in [5.41, 5.74) is -0.392. The number of nitrogens with one attached hydrogen (secondary N) is 1. The lowest BCUT2D eigenvalue weighted by atomic mass is 10.2. The number of nitriles is 1. The number of carbonyl (C=O) groups excluding carboxylic acids is 1. The Hall–Kier alpha value is -2.91. The van der Waals surface area contributed by atoms with Gasteiger partial charge in [-0.15, -0.1) is 0 Å². The van der Waals surface area contributed by atoms with Crippen molar-refractivity contribution in [1.82, 2.24) is 8.87 Å². The molecule has 0 bridgehead atoms. The van der Waals surface area contributed by atoms with E-state index in [1.54, 1.807) is 6.07 Å². The van der Waals surface area contributed by atoms with Gasteiger partial charge in [-0.3, -0.25) is 4.79 Å². The fourth-order valence-electron chi connectivity index (χ4n) is 2.76. The second-order valence-corrected chi connectivity index (χ2v) is 8.54. The molecule has 0 fully saturated rings. The number of hydrogen-bond acceptors (Lipinski definition) is 4. The van der Waals surface area contributed by atoms with Gasteiger partial charge in [0, 0.05) is 26.0 Å². The minimum atomic E-state index is -4.77. The molecule has 1 aromatic heterocycles. The summed E-state index contributed by atoms with van der Waals surface area (Å²) in [4.78, 5) is 12.2. The zero-order chi connectivity index (χ0) is 23.0. The van der Waals surface area contributed by atoms with Crippen LogP contribution in [0.3, 0.4) is 0 Å². The van der Waals surface area contributed by atoms with Crippen LogP contribution in [-0.4, -0.2) is 42.5 Å². The highest BCUT2D eigenvalue weighted by atomic mass is 32.2. The Bertz CT molecular complexity index is 1130. The molecule has 1 aromatic carbocycles. The number of nitrogens with zero attached hydrogens (tertiary/aromatic N) is 3. The standard InChI is InChI=1S/C18H18F4N4O3S/c1-10-15(30(28,29)26(4)11(2)18(20,21)22)9-25(3)16(10)17(27)24-13-5-6-14(19)12(7-13)8-23/h5-7,9,11H,1-4H3,(H,24,27)/t11-/m0/s1. The average molecular weight is 446 g/mol. The Kier molecular flexibility index (Phi) is 6.29. The number of amides is 1. The van der Waals surface area contributed by atoms with Crippen LogP contribution in [0.15, 0.2) is 29.3 Å². The number of sulfonamides is 1. The number of rotatable bonds is 5. The maximum atomic E-state index is 13.4. The Morgan fingerprint density at radius 2 is 1.93 bits per heavy atom. The Balaban J connectivity index is 2.42. The van der Waals surface area contributed by atoms with Gasteiger partial charge >= 0.3 is 6.18 Å². The number of aromatic nitrogens is 1. The molecule has 0 unspecified atom stereocenters. The van der Waals surface area contributed by atoms with Crippen LogP contribution in [0.5, 0.6) is 0 Å². The van der Waals surface area contributed by atoms with E-state index >= 15 is 0 Å². The summed E-state index contributed by atoms with van der Waals surface area (Å²) in [7, 11) is -2.39. The smallest absolute Gasteiger partial charge is 0.345 e. The third-order valence-corrected chi connectivity index (χ3v) is 6.67. The normalized spacial score (nSPS) is 13.2. The third kappa shape index (κ3) is 4.31. The van der Waals surface area contributed by atoms with Crippen molar-refractivity contribution >= 4 is 21.6 Å². The lowest BCUT2D eigenvalue weighted by Gasteiger charge is -2.26. The van der Waals surface area contributed by atoms with Crippen molar-refractivity contribution in [3.8, 4) is 6.07 Å². The van der Waals surface area contributed by atoms with E-state index in [9.17, 15) is 30.8 Å². The second kappa shape index (κ2) is 8.08. The van der Waals surface area contributed by atoms with Crippen LogP contribution in [0.1, 0.15) is 28.5 Å². The molecular weight excluding hydrogens is 428 g/mol. The van der Waals surface area contributed by atoms with Gasteiger partial charge in [0.05, 0.1) is 5.56 Å². The number of carbonyl (C=O) groups is 1. The number of aryl methyl sites for hydroxylation is 1. The monoisotopic (exact) mass is 446 g/mol. The van der Waals surface area contributed by atoms with Crippen molar-refractivity contribution in [1.29, 1.82) is 5.26 Å². The van der Waals surface area contributed by atoms with Gasteiger partial charge in [0.25, 0.3) is 5.91 Å². The van der Waals surface area contributed by atoms with E-state index in [2.05, 4.69) is 5.32 Å². The largest absolute Gasteiger partial charge is 0.404 e. The topological polar surface area (TPSA) is 95.2 Å². The van der Waals surface area contributed by atoms with Gasteiger partial charge in [-0.1, -0.05) is 0 Å². The first-order valence-corrected chi connectivity index (χ1v) is 9.87. The van der Waals surface area contributed by atoms with Crippen LogP contribution in [0, 0.1) is 24.1 Å². The summed E-state index contributed by atoms with van der Waals surface area (Å²) in [5, 5.41) is 11.3. The molecule has 12 heteroatoms. The second-order valence-electron chi connectivity index (χ2n) is 6.58. The van der Waals surface area contributed by atoms with E-state index in [1.807, 2.05) is 0 Å². The molecule has 0 aliphatic rings. The van der Waals surface area contributed by atoms with Gasteiger partial charge in [-0.05, 0) is 37.6 Å². The van der Waals surface area contributed by atoms with E-state index in [-0.39, 0.29) is 26.8 Å². The minimum Gasteiger partial charge on any atom is -0.345 e. The summed E-state index contributed by atoms with van der Waals surface area (Å²) in [6.45, 7) is 2.00. The molecule has 0 aliphatic heterocycles. The summed E-state index contributed by atoms with van der Waals surface area (Å²) in [6, 6.07) is 2.64. The van der Waals surface area contributed by atoms with Crippen LogP contribution < -0.4 is 5.32 Å². The van der Waals surface area contributed by atoms with Crippen LogP contribution in [0.25, 0.3) is 0 Å². The maximum Gasteiger partial charge on any atom is 0.404 e. The number of hydrogen-bond donors (Lipinski definition) is 1. The zero-order valence-electron chi connectivity index (χ0n) is 16.4. The molecule has 1 heterocycles. The number of benzene rings is 1. The molecule has 0 saturated carbocycles. The molecule has 1 N–H and O–H groups in total. The lowest BCUT2D eigenvalue weighted by Crippen LogP contribution is -2.44. The molecule has 2 aromatic rings. The first-order chi connectivity index (χ1) is 13.7. The number of halogens is 4. The van der Waals surface area contributed by atoms with Gasteiger partial charge in [-0.2, -0.15) is 22.7 Å². The summed E-state index contributed by atoms with van der Waals surface area (Å²) in [5.74, 6) is -1.56. The van der Waals surface area contributed by atoms with E-state index in [1.165, 1.54) is 24.6 Å². The van der Waals surface area contributed by atoms with Crippen LogP contribution in [0.4, 0.5) is 23.2 Å². The highest BCUT2D eigenvalue weighted by Gasteiger charge is 2.44. The van der Waals surface area contributed by atoms with Crippen LogP contribution in [0.2, 0.25) is 0 Å². The molecule has 0 aliphatic carbocycles. The van der Waals surface area contributed by atoms with Gasteiger partial charge in [0.2, 0.25) is 10.0 Å². The predicted octanol–water partition coefficient (Wildman–Crippen LogP) is 3.17. The molecule has 1 atom stereocenters. The summed E-state index contributed by atoms with van der Waals surface area (Å²) in [6.07, 6.45) is -3.73. The van der Waals surface area contributed by atoms with Gasteiger partial charge in [0.15, 0.2) is 0 Å². The maximum absolute atomic E-state index is 13.4. The van der Waals surface area contributed by atoms with Crippen molar-refractivity contribution in [2.24, 2.45) is 7.05 Å². The van der Waals surface area contributed by atoms with Crippen LogP contribution in [-0.2, 0) is 17.1 Å². The van der Waals surface area contributed by atoms with E-state index in [4.69, 9.17) is 5.26 Å². The average Bonchev–Trinajstić information content (AvgIpc) is 2.96. The molecule has 0 spiro atoms. The lowest BCUT2D eigenvalue weighted by molar-refractivity contribution is -0.164. The van der Waals surface area contributed by atoms with Gasteiger partial charge in [-0.25, -0.2) is 12.8 Å². The SMILES string of the molecule is Cc1c(S(=O)(=O)N(C)[C@@H](C)C(F)(F)F)cn(C)c1C(=O)Nc1ccc(F)c(C#N)c1. The molecule has 1 amide bonds. The highest BCUT2D eigenvalue weighted by Crippen LogP contribution is 2.30. The third-order valence-electron chi connectivity index (χ3n) is 4.62. The fraction of sp³-hybridized carbons (Fsp3) is 0.333. The Labute approximate surface area is 170 Å². The first-order valence-electron chi connectivity index (χ1n) is 8.43. The molecule has 0 saturated heterocycles. The quantitative estimate of drug-likeness (QED) is 0.714. The van der Waals surface area contributed by atoms with E-state index < -0.39 is 38.9 Å². The minimum absolute atomic E-state index is 0.0566. The zero-order valence-corrected chi connectivity index (χ0v) is 17.2. The fourth-order valence-corrected chi connectivity index (χ4v) is 4.38. The van der Waals surface area contributed by atoms with E-state index in [0.717, 1.165) is 25.4 Å². The van der Waals surface area contributed by atoms with Gasteiger partial charge in [0.1, 0.15) is 28.5 Å². The Morgan fingerprint density at radius 1 is 1.33 bits per heavy atom. The molecule has 162 valence electrons. The van der Waals surface area contributed by atoms with Crippen molar-refractivity contribution in [3.63, 3.8) is 0 Å². The van der Waals surface area contributed by atoms with Crippen molar-refractivity contribution < 1.29 is 30.8 Å². The predicted molar refractivity (Wildman–Crippen MR) is 99.7 cm³/mol. The Morgan fingerprint density at radius 3 is 2.47 bits per heavy atom. The number of alkyl halides is 3. The molecule has 7 nitrogen and oxygen atoms in total.